The number of hydrogen-bond acceptors (Lipinski definition) is 1. The Bertz CT molecular complexity index is 763. The first-order valence-electron chi connectivity index (χ1n) is 9.31. The SMILES string of the molecule is CCC1([C@H](NC)[C@@H](C)Cc2cccc(-c3cc(F)cc(F)c3)c2F)CC1. The number of hydrogen-bond donors (Lipinski definition) is 1. The van der Waals surface area contributed by atoms with Crippen LogP contribution in [0.5, 0.6) is 0 Å². The molecule has 0 unspecified atom stereocenters. The maximum atomic E-state index is 15.1. The molecule has 2 aromatic carbocycles. The molecule has 1 nitrogen and oxygen atoms in total. The Morgan fingerprint density at radius 1 is 1.08 bits per heavy atom. The molecule has 1 saturated carbocycles. The highest BCUT2D eigenvalue weighted by Gasteiger charge is 2.48. The second kappa shape index (κ2) is 7.43. The topological polar surface area (TPSA) is 12.0 Å². The van der Waals surface area contributed by atoms with Gasteiger partial charge in [-0.1, -0.05) is 32.0 Å². The molecule has 1 N–H and O–H groups in total. The van der Waals surface area contributed by atoms with Gasteiger partial charge in [0.15, 0.2) is 0 Å². The second-order valence-corrected chi connectivity index (χ2v) is 7.60. The minimum absolute atomic E-state index is 0.229. The molecule has 140 valence electrons. The van der Waals surface area contributed by atoms with E-state index in [-0.39, 0.29) is 22.9 Å². The van der Waals surface area contributed by atoms with Crippen LogP contribution in [0.3, 0.4) is 0 Å². The Morgan fingerprint density at radius 2 is 1.73 bits per heavy atom. The van der Waals surface area contributed by atoms with Gasteiger partial charge in [-0.15, -0.1) is 0 Å². The van der Waals surface area contributed by atoms with Crippen molar-refractivity contribution in [2.45, 2.75) is 45.6 Å². The molecular weight excluding hydrogens is 335 g/mol. The molecule has 0 aliphatic heterocycles. The molecule has 0 bridgehead atoms. The van der Waals surface area contributed by atoms with E-state index >= 15 is 4.39 Å². The van der Waals surface area contributed by atoms with Crippen molar-refractivity contribution in [3.63, 3.8) is 0 Å². The van der Waals surface area contributed by atoms with Crippen LogP contribution in [-0.4, -0.2) is 13.1 Å². The maximum Gasteiger partial charge on any atom is 0.134 e. The molecule has 2 atom stereocenters. The maximum absolute atomic E-state index is 15.1. The second-order valence-electron chi connectivity index (χ2n) is 7.60. The fourth-order valence-electron chi connectivity index (χ4n) is 4.37. The summed E-state index contributed by atoms with van der Waals surface area (Å²) in [6, 6.07) is 8.56. The average Bonchev–Trinajstić information content (AvgIpc) is 3.37. The molecule has 0 radical (unpaired) electrons. The molecule has 4 heteroatoms. The third-order valence-corrected chi connectivity index (χ3v) is 5.93. The van der Waals surface area contributed by atoms with E-state index in [0.29, 0.717) is 23.4 Å². The van der Waals surface area contributed by atoms with Gasteiger partial charge in [-0.2, -0.15) is 0 Å². The van der Waals surface area contributed by atoms with Gasteiger partial charge in [0, 0.05) is 17.7 Å². The van der Waals surface area contributed by atoms with Gasteiger partial charge >= 0.3 is 0 Å². The fraction of sp³-hybridized carbons (Fsp3) is 0.455. The van der Waals surface area contributed by atoms with Gasteiger partial charge in [0.2, 0.25) is 0 Å². The van der Waals surface area contributed by atoms with E-state index < -0.39 is 11.6 Å². The summed E-state index contributed by atoms with van der Waals surface area (Å²) in [5.74, 6) is -1.53. The molecule has 0 spiro atoms. The summed E-state index contributed by atoms with van der Waals surface area (Å²) in [5, 5.41) is 3.43. The Hall–Kier alpha value is -1.81. The highest BCUT2D eigenvalue weighted by atomic mass is 19.1. The summed E-state index contributed by atoms with van der Waals surface area (Å²) < 4.78 is 42.1. The zero-order valence-corrected chi connectivity index (χ0v) is 15.6. The molecule has 1 aliphatic rings. The lowest BCUT2D eigenvalue weighted by Crippen LogP contribution is -2.41. The van der Waals surface area contributed by atoms with E-state index in [9.17, 15) is 8.78 Å². The van der Waals surface area contributed by atoms with E-state index in [1.807, 2.05) is 7.05 Å². The standard InChI is InChI=1S/C22H26F3N/c1-4-22(8-9-22)21(26-3)14(2)10-15-6-5-7-19(20(15)25)16-11-17(23)13-18(24)12-16/h5-7,11-14,21,26H,4,8-10H2,1-3H3/t14-,21+/m0/s1. The molecule has 26 heavy (non-hydrogen) atoms. The third-order valence-electron chi connectivity index (χ3n) is 5.93. The Morgan fingerprint density at radius 3 is 2.27 bits per heavy atom. The molecule has 1 aliphatic carbocycles. The molecule has 0 amide bonds. The molecule has 0 aromatic heterocycles. The van der Waals surface area contributed by atoms with Crippen LogP contribution in [0.4, 0.5) is 13.2 Å². The molecule has 3 rings (SSSR count). The lowest BCUT2D eigenvalue weighted by molar-refractivity contribution is 0.253. The smallest absolute Gasteiger partial charge is 0.134 e. The van der Waals surface area contributed by atoms with Crippen molar-refractivity contribution in [1.82, 2.24) is 5.32 Å². The van der Waals surface area contributed by atoms with Gasteiger partial charge in [0.1, 0.15) is 17.5 Å². The monoisotopic (exact) mass is 361 g/mol. The summed E-state index contributed by atoms with van der Waals surface area (Å²) in [4.78, 5) is 0. The third kappa shape index (κ3) is 3.66. The number of nitrogens with one attached hydrogen (secondary N) is 1. The zero-order chi connectivity index (χ0) is 18.9. The van der Waals surface area contributed by atoms with Crippen molar-refractivity contribution in [3.05, 3.63) is 59.4 Å². The summed E-state index contributed by atoms with van der Waals surface area (Å²) in [6.45, 7) is 4.36. The van der Waals surface area contributed by atoms with Crippen molar-refractivity contribution >= 4 is 0 Å². The summed E-state index contributed by atoms with van der Waals surface area (Å²) in [7, 11) is 1.97. The summed E-state index contributed by atoms with van der Waals surface area (Å²) in [5.41, 5.74) is 1.39. The van der Waals surface area contributed by atoms with Crippen LogP contribution in [0.2, 0.25) is 0 Å². The summed E-state index contributed by atoms with van der Waals surface area (Å²) in [6.07, 6.45) is 4.13. The predicted octanol–water partition coefficient (Wildman–Crippen LogP) is 5.73. The Kier molecular flexibility index (Phi) is 5.42. The van der Waals surface area contributed by atoms with Crippen molar-refractivity contribution in [3.8, 4) is 11.1 Å². The van der Waals surface area contributed by atoms with Gasteiger partial charge in [-0.25, -0.2) is 13.2 Å². The number of benzene rings is 2. The quantitative estimate of drug-likeness (QED) is 0.664. The van der Waals surface area contributed by atoms with Crippen LogP contribution in [0.25, 0.3) is 11.1 Å². The van der Waals surface area contributed by atoms with Crippen molar-refractivity contribution in [1.29, 1.82) is 0 Å². The van der Waals surface area contributed by atoms with Crippen molar-refractivity contribution in [2.24, 2.45) is 11.3 Å². The normalized spacial score (nSPS) is 17.8. The average molecular weight is 361 g/mol. The molecular formula is C22H26F3N. The first-order valence-corrected chi connectivity index (χ1v) is 9.31. The zero-order valence-electron chi connectivity index (χ0n) is 15.6. The number of rotatable bonds is 7. The van der Waals surface area contributed by atoms with Crippen molar-refractivity contribution < 1.29 is 13.2 Å². The lowest BCUT2D eigenvalue weighted by atomic mass is 9.81. The van der Waals surface area contributed by atoms with Crippen LogP contribution >= 0.6 is 0 Å². The van der Waals surface area contributed by atoms with E-state index in [1.165, 1.54) is 25.0 Å². The fourth-order valence-corrected chi connectivity index (χ4v) is 4.37. The minimum Gasteiger partial charge on any atom is -0.316 e. The summed E-state index contributed by atoms with van der Waals surface area (Å²) >= 11 is 0. The highest BCUT2D eigenvalue weighted by Crippen LogP contribution is 2.53. The van der Waals surface area contributed by atoms with Crippen LogP contribution in [0, 0.1) is 28.8 Å². The van der Waals surface area contributed by atoms with E-state index in [1.54, 1.807) is 18.2 Å². The van der Waals surface area contributed by atoms with Crippen LogP contribution in [0.1, 0.15) is 38.7 Å². The van der Waals surface area contributed by atoms with Crippen LogP contribution in [0.15, 0.2) is 36.4 Å². The van der Waals surface area contributed by atoms with E-state index in [0.717, 1.165) is 12.5 Å². The highest BCUT2D eigenvalue weighted by molar-refractivity contribution is 5.65. The molecule has 0 saturated heterocycles. The molecule has 0 heterocycles. The van der Waals surface area contributed by atoms with Crippen LogP contribution < -0.4 is 5.32 Å². The Labute approximate surface area is 153 Å². The minimum atomic E-state index is -0.702. The van der Waals surface area contributed by atoms with Crippen LogP contribution in [-0.2, 0) is 6.42 Å². The molecule has 2 aromatic rings. The molecule has 1 fully saturated rings. The first kappa shape index (κ1) is 19.0. The van der Waals surface area contributed by atoms with Gasteiger partial charge in [0.25, 0.3) is 0 Å². The van der Waals surface area contributed by atoms with Gasteiger partial charge < -0.3 is 5.32 Å². The van der Waals surface area contributed by atoms with Gasteiger partial charge in [-0.05, 0) is 67.3 Å². The largest absolute Gasteiger partial charge is 0.316 e. The van der Waals surface area contributed by atoms with Crippen molar-refractivity contribution in [2.75, 3.05) is 7.05 Å². The van der Waals surface area contributed by atoms with Gasteiger partial charge in [0.05, 0.1) is 0 Å². The Balaban J connectivity index is 1.87. The van der Waals surface area contributed by atoms with E-state index in [2.05, 4.69) is 19.2 Å². The number of halogens is 3. The van der Waals surface area contributed by atoms with Gasteiger partial charge in [-0.3, -0.25) is 0 Å². The predicted molar refractivity (Wildman–Crippen MR) is 99.4 cm³/mol. The van der Waals surface area contributed by atoms with E-state index in [4.69, 9.17) is 0 Å². The first-order chi connectivity index (χ1) is 12.4. The lowest BCUT2D eigenvalue weighted by Gasteiger charge is -2.31.